The van der Waals surface area contributed by atoms with Crippen molar-refractivity contribution in [3.05, 3.63) is 81.8 Å². The Balaban J connectivity index is 1.64. The maximum atomic E-state index is 12.4. The zero-order valence-corrected chi connectivity index (χ0v) is 15.8. The lowest BCUT2D eigenvalue weighted by Gasteiger charge is -2.06. The maximum absolute atomic E-state index is 12.4. The normalized spacial score (nSPS) is 10.9. The minimum atomic E-state index is -0.280. The molecule has 0 aliphatic heterocycles. The first-order valence-corrected chi connectivity index (χ1v) is 8.96. The molecule has 1 heterocycles. The fourth-order valence-electron chi connectivity index (χ4n) is 2.66. The van der Waals surface area contributed by atoms with Gasteiger partial charge in [-0.2, -0.15) is 4.80 Å². The number of benzene rings is 3. The van der Waals surface area contributed by atoms with Gasteiger partial charge in [0.25, 0.3) is 5.91 Å². The number of rotatable bonds is 3. The Morgan fingerprint density at radius 2 is 1.70 bits per heavy atom. The number of halogens is 2. The molecule has 1 amide bonds. The van der Waals surface area contributed by atoms with E-state index in [1.807, 2.05) is 25.1 Å². The predicted molar refractivity (Wildman–Crippen MR) is 108 cm³/mol. The quantitative estimate of drug-likeness (QED) is 0.511. The summed E-state index contributed by atoms with van der Waals surface area (Å²) in [6.45, 7) is 1.94. The number of carbonyl (C=O) groups is 1. The SMILES string of the molecule is Cc1ccc(-n2nc3ccc(NC(=O)c4ccccc4Cl)cc3n2)cc1Cl. The number of nitrogens with zero attached hydrogens (tertiary/aromatic N) is 3. The van der Waals surface area contributed by atoms with Crippen LogP contribution < -0.4 is 5.32 Å². The molecule has 0 saturated carbocycles. The van der Waals surface area contributed by atoms with Gasteiger partial charge in [0.1, 0.15) is 11.0 Å². The summed E-state index contributed by atoms with van der Waals surface area (Å²) in [5.41, 5.74) is 4.15. The van der Waals surface area contributed by atoms with Crippen LogP contribution >= 0.6 is 23.2 Å². The summed E-state index contributed by atoms with van der Waals surface area (Å²) in [4.78, 5) is 13.9. The molecule has 1 N–H and O–H groups in total. The average molecular weight is 397 g/mol. The van der Waals surface area contributed by atoms with Gasteiger partial charge in [0.05, 0.1) is 16.3 Å². The van der Waals surface area contributed by atoms with Crippen molar-refractivity contribution in [2.45, 2.75) is 6.92 Å². The Morgan fingerprint density at radius 1 is 0.926 bits per heavy atom. The van der Waals surface area contributed by atoms with Gasteiger partial charge in [-0.25, -0.2) is 0 Å². The zero-order valence-electron chi connectivity index (χ0n) is 14.3. The van der Waals surface area contributed by atoms with Gasteiger partial charge in [-0.15, -0.1) is 10.2 Å². The first-order chi connectivity index (χ1) is 13.0. The van der Waals surface area contributed by atoms with Crippen LogP contribution in [0.15, 0.2) is 60.7 Å². The van der Waals surface area contributed by atoms with Crippen molar-refractivity contribution in [2.75, 3.05) is 5.32 Å². The molecule has 4 rings (SSSR count). The predicted octanol–water partition coefficient (Wildman–Crippen LogP) is 5.29. The molecular weight excluding hydrogens is 383 g/mol. The molecule has 0 aliphatic rings. The fraction of sp³-hybridized carbons (Fsp3) is 0.0500. The Bertz CT molecular complexity index is 1170. The van der Waals surface area contributed by atoms with Crippen LogP contribution in [0, 0.1) is 6.92 Å². The topological polar surface area (TPSA) is 59.8 Å². The summed E-state index contributed by atoms with van der Waals surface area (Å²) >= 11 is 12.3. The molecule has 0 spiro atoms. The van der Waals surface area contributed by atoms with Crippen LogP contribution in [0.4, 0.5) is 5.69 Å². The third kappa shape index (κ3) is 3.52. The van der Waals surface area contributed by atoms with Gasteiger partial charge < -0.3 is 5.32 Å². The van der Waals surface area contributed by atoms with E-state index in [0.29, 0.717) is 32.3 Å². The van der Waals surface area contributed by atoms with Gasteiger partial charge >= 0.3 is 0 Å². The molecule has 0 aliphatic carbocycles. The zero-order chi connectivity index (χ0) is 19.0. The lowest BCUT2D eigenvalue weighted by atomic mass is 10.2. The molecule has 7 heteroatoms. The van der Waals surface area contributed by atoms with E-state index in [9.17, 15) is 4.79 Å². The molecule has 3 aromatic carbocycles. The monoisotopic (exact) mass is 396 g/mol. The van der Waals surface area contributed by atoms with Gasteiger partial charge in [0, 0.05) is 10.7 Å². The van der Waals surface area contributed by atoms with E-state index in [4.69, 9.17) is 23.2 Å². The van der Waals surface area contributed by atoms with E-state index in [2.05, 4.69) is 15.5 Å². The molecule has 1 aromatic heterocycles. The number of fused-ring (bicyclic) bond motifs is 1. The number of aromatic nitrogens is 3. The van der Waals surface area contributed by atoms with Crippen LogP contribution in [0.3, 0.4) is 0 Å². The summed E-state index contributed by atoms with van der Waals surface area (Å²) in [6, 6.07) is 17.9. The van der Waals surface area contributed by atoms with Crippen LogP contribution in [0.1, 0.15) is 15.9 Å². The Hall–Kier alpha value is -2.89. The lowest BCUT2D eigenvalue weighted by molar-refractivity contribution is 0.102. The van der Waals surface area contributed by atoms with Crippen molar-refractivity contribution in [3.8, 4) is 5.69 Å². The summed E-state index contributed by atoms with van der Waals surface area (Å²) in [5, 5.41) is 12.8. The standard InChI is InChI=1S/C20H14Cl2N4O/c1-12-6-8-14(11-17(12)22)26-24-18-9-7-13(10-19(18)25-26)23-20(27)15-4-2-3-5-16(15)21/h2-11H,1H3,(H,23,27). The molecule has 0 unspecified atom stereocenters. The molecule has 4 aromatic rings. The molecule has 134 valence electrons. The van der Waals surface area contributed by atoms with Gasteiger partial charge in [-0.3, -0.25) is 4.79 Å². The van der Waals surface area contributed by atoms with Gasteiger partial charge in [0.15, 0.2) is 0 Å². The number of nitrogens with one attached hydrogen (secondary N) is 1. The highest BCUT2D eigenvalue weighted by molar-refractivity contribution is 6.34. The Kier molecular flexibility index (Phi) is 4.56. The smallest absolute Gasteiger partial charge is 0.257 e. The third-order valence-electron chi connectivity index (χ3n) is 4.14. The van der Waals surface area contributed by atoms with E-state index < -0.39 is 0 Å². The highest BCUT2D eigenvalue weighted by Gasteiger charge is 2.12. The van der Waals surface area contributed by atoms with E-state index >= 15 is 0 Å². The second-order valence-corrected chi connectivity index (χ2v) is 6.87. The fourth-order valence-corrected chi connectivity index (χ4v) is 3.05. The first kappa shape index (κ1) is 17.5. The number of carbonyl (C=O) groups excluding carboxylic acids is 1. The molecule has 5 nitrogen and oxygen atoms in total. The van der Waals surface area contributed by atoms with Crippen LogP contribution in [0.5, 0.6) is 0 Å². The number of anilines is 1. The van der Waals surface area contributed by atoms with Crippen molar-refractivity contribution in [3.63, 3.8) is 0 Å². The van der Waals surface area contributed by atoms with Crippen LogP contribution in [-0.2, 0) is 0 Å². The first-order valence-electron chi connectivity index (χ1n) is 8.21. The lowest BCUT2D eigenvalue weighted by Crippen LogP contribution is -2.12. The number of amides is 1. The van der Waals surface area contributed by atoms with Crippen molar-refractivity contribution in [2.24, 2.45) is 0 Å². The Morgan fingerprint density at radius 3 is 2.48 bits per heavy atom. The second kappa shape index (κ2) is 7.02. The summed E-state index contributed by atoms with van der Waals surface area (Å²) < 4.78 is 0. The molecule has 0 saturated heterocycles. The molecule has 0 bridgehead atoms. The van der Waals surface area contributed by atoms with Gasteiger partial charge in [0.2, 0.25) is 0 Å². The van der Waals surface area contributed by atoms with Crippen molar-refractivity contribution in [1.29, 1.82) is 0 Å². The van der Waals surface area contributed by atoms with Crippen molar-refractivity contribution in [1.82, 2.24) is 15.0 Å². The minimum Gasteiger partial charge on any atom is -0.322 e. The van der Waals surface area contributed by atoms with Crippen molar-refractivity contribution < 1.29 is 4.79 Å². The molecular formula is C20H14Cl2N4O. The van der Waals surface area contributed by atoms with Crippen LogP contribution in [0.25, 0.3) is 16.7 Å². The number of aryl methyl sites for hydroxylation is 1. The highest BCUT2D eigenvalue weighted by Crippen LogP contribution is 2.22. The Labute approximate surface area is 165 Å². The largest absolute Gasteiger partial charge is 0.322 e. The van der Waals surface area contributed by atoms with E-state index in [0.717, 1.165) is 11.3 Å². The maximum Gasteiger partial charge on any atom is 0.257 e. The molecule has 0 atom stereocenters. The average Bonchev–Trinajstić information content (AvgIpc) is 3.07. The van der Waals surface area contributed by atoms with Crippen LogP contribution in [-0.4, -0.2) is 20.9 Å². The summed E-state index contributed by atoms with van der Waals surface area (Å²) in [5.74, 6) is -0.280. The molecule has 27 heavy (non-hydrogen) atoms. The number of hydrogen-bond acceptors (Lipinski definition) is 3. The van der Waals surface area contributed by atoms with E-state index in [-0.39, 0.29) is 5.91 Å². The molecule has 0 fully saturated rings. The minimum absolute atomic E-state index is 0.280. The molecule has 0 radical (unpaired) electrons. The van der Waals surface area contributed by atoms with Gasteiger partial charge in [-0.05, 0) is 55.0 Å². The van der Waals surface area contributed by atoms with Gasteiger partial charge in [-0.1, -0.05) is 41.4 Å². The van der Waals surface area contributed by atoms with E-state index in [1.54, 1.807) is 42.5 Å². The summed E-state index contributed by atoms with van der Waals surface area (Å²) in [7, 11) is 0. The highest BCUT2D eigenvalue weighted by atomic mass is 35.5. The number of hydrogen-bond donors (Lipinski definition) is 1. The summed E-state index contributed by atoms with van der Waals surface area (Å²) in [6.07, 6.45) is 0. The van der Waals surface area contributed by atoms with E-state index in [1.165, 1.54) is 4.80 Å². The van der Waals surface area contributed by atoms with Crippen molar-refractivity contribution >= 4 is 45.8 Å². The third-order valence-corrected chi connectivity index (χ3v) is 4.88. The second-order valence-electron chi connectivity index (χ2n) is 6.06. The van der Waals surface area contributed by atoms with Crippen LogP contribution in [0.2, 0.25) is 10.0 Å².